The molecule has 0 radical (unpaired) electrons. The van der Waals surface area contributed by atoms with Gasteiger partial charge in [0.05, 0.1) is 5.41 Å². The zero-order valence-electron chi connectivity index (χ0n) is 11.8. The third-order valence-corrected chi connectivity index (χ3v) is 4.22. The minimum absolute atomic E-state index is 0.263. The van der Waals surface area contributed by atoms with E-state index >= 15 is 0 Å². The van der Waals surface area contributed by atoms with Crippen LogP contribution in [0, 0.1) is 11.3 Å². The Morgan fingerprint density at radius 2 is 1.85 bits per heavy atom. The fraction of sp³-hybridized carbons (Fsp3) is 0.353. The van der Waals surface area contributed by atoms with Gasteiger partial charge in [0.1, 0.15) is 5.60 Å². The van der Waals surface area contributed by atoms with Gasteiger partial charge in [0, 0.05) is 5.92 Å². The molecule has 2 N–H and O–H groups in total. The number of aliphatic carboxylic acids is 1. The lowest BCUT2D eigenvalue weighted by atomic mass is 9.63. The van der Waals surface area contributed by atoms with Crippen LogP contribution >= 0.6 is 0 Å². The molecule has 0 bridgehead atoms. The monoisotopic (exact) mass is 272 g/mol. The fourth-order valence-corrected chi connectivity index (χ4v) is 2.78. The molecule has 1 aliphatic carbocycles. The Balaban J connectivity index is 2.57. The number of carboxylic acids is 1. The Labute approximate surface area is 119 Å². The average molecular weight is 272 g/mol. The second-order valence-corrected chi connectivity index (χ2v) is 5.72. The van der Waals surface area contributed by atoms with Crippen LogP contribution in [0.5, 0.6) is 0 Å². The number of carbonyl (C=O) groups is 1. The van der Waals surface area contributed by atoms with E-state index in [4.69, 9.17) is 0 Å². The maximum Gasteiger partial charge on any atom is 0.312 e. The minimum Gasteiger partial charge on any atom is -0.481 e. The van der Waals surface area contributed by atoms with Crippen molar-refractivity contribution in [1.82, 2.24) is 0 Å². The summed E-state index contributed by atoms with van der Waals surface area (Å²) >= 11 is 0. The van der Waals surface area contributed by atoms with Crippen LogP contribution in [0.3, 0.4) is 0 Å². The summed E-state index contributed by atoms with van der Waals surface area (Å²) in [6, 6.07) is 9.07. The second kappa shape index (κ2) is 5.25. The molecule has 1 aliphatic rings. The minimum atomic E-state index is -1.46. The van der Waals surface area contributed by atoms with Crippen LogP contribution in [0.2, 0.25) is 0 Å². The van der Waals surface area contributed by atoms with Crippen molar-refractivity contribution in [3.63, 3.8) is 0 Å². The lowest BCUT2D eigenvalue weighted by molar-refractivity contribution is -0.173. The molecule has 106 valence electrons. The molecule has 1 aromatic rings. The molecule has 20 heavy (non-hydrogen) atoms. The van der Waals surface area contributed by atoms with E-state index in [0.717, 1.165) is 0 Å². The van der Waals surface area contributed by atoms with Crippen molar-refractivity contribution in [2.24, 2.45) is 11.3 Å². The van der Waals surface area contributed by atoms with Gasteiger partial charge in [0.2, 0.25) is 0 Å². The topological polar surface area (TPSA) is 57.5 Å². The van der Waals surface area contributed by atoms with E-state index in [1.807, 2.05) is 42.5 Å². The number of rotatable bonds is 4. The third kappa shape index (κ3) is 2.18. The van der Waals surface area contributed by atoms with Crippen molar-refractivity contribution < 1.29 is 15.0 Å². The molecule has 0 fully saturated rings. The molecule has 0 aromatic heterocycles. The summed E-state index contributed by atoms with van der Waals surface area (Å²) in [4.78, 5) is 11.7. The van der Waals surface area contributed by atoms with Crippen LogP contribution in [0.25, 0.3) is 0 Å². The molecule has 1 aromatic carbocycles. The van der Waals surface area contributed by atoms with E-state index in [0.29, 0.717) is 12.0 Å². The predicted octanol–water partition coefficient (Wildman–Crippen LogP) is 3.12. The summed E-state index contributed by atoms with van der Waals surface area (Å²) in [6.45, 7) is 3.16. The van der Waals surface area contributed by atoms with Crippen molar-refractivity contribution in [2.75, 3.05) is 0 Å². The fourth-order valence-electron chi connectivity index (χ4n) is 2.78. The van der Waals surface area contributed by atoms with Crippen molar-refractivity contribution in [1.29, 1.82) is 0 Å². The molecule has 0 aliphatic heterocycles. The molecule has 0 spiro atoms. The molecule has 0 saturated heterocycles. The first-order valence-electron chi connectivity index (χ1n) is 6.75. The molecule has 0 amide bonds. The lowest BCUT2D eigenvalue weighted by Crippen LogP contribution is -2.51. The second-order valence-electron chi connectivity index (χ2n) is 5.72. The summed E-state index contributed by atoms with van der Waals surface area (Å²) in [5.41, 5.74) is -2.12. The maximum absolute atomic E-state index is 11.7. The van der Waals surface area contributed by atoms with Crippen molar-refractivity contribution in [3.8, 4) is 0 Å². The largest absolute Gasteiger partial charge is 0.481 e. The highest BCUT2D eigenvalue weighted by molar-refractivity contribution is 5.76. The average Bonchev–Trinajstić information content (AvgIpc) is 2.48. The van der Waals surface area contributed by atoms with Crippen molar-refractivity contribution in [2.45, 2.75) is 25.9 Å². The van der Waals surface area contributed by atoms with Gasteiger partial charge in [-0.3, -0.25) is 4.79 Å². The molecular weight excluding hydrogens is 252 g/mol. The van der Waals surface area contributed by atoms with Crippen molar-refractivity contribution >= 4 is 5.97 Å². The van der Waals surface area contributed by atoms with Gasteiger partial charge in [-0.1, -0.05) is 54.6 Å². The van der Waals surface area contributed by atoms with Gasteiger partial charge in [-0.15, -0.1) is 0 Å². The number of benzene rings is 1. The Morgan fingerprint density at radius 3 is 2.35 bits per heavy atom. The maximum atomic E-state index is 11.7. The van der Waals surface area contributed by atoms with E-state index in [9.17, 15) is 15.0 Å². The van der Waals surface area contributed by atoms with Crippen molar-refractivity contribution in [3.05, 3.63) is 60.2 Å². The number of hydrogen-bond acceptors (Lipinski definition) is 2. The van der Waals surface area contributed by atoms with Gasteiger partial charge in [-0.2, -0.15) is 0 Å². The quantitative estimate of drug-likeness (QED) is 0.885. The van der Waals surface area contributed by atoms with Crippen LogP contribution in [0.4, 0.5) is 0 Å². The predicted molar refractivity (Wildman–Crippen MR) is 78.1 cm³/mol. The summed E-state index contributed by atoms with van der Waals surface area (Å²) in [6.07, 6.45) is 8.24. The van der Waals surface area contributed by atoms with Crippen LogP contribution < -0.4 is 0 Å². The summed E-state index contributed by atoms with van der Waals surface area (Å²) in [7, 11) is 0. The van der Waals surface area contributed by atoms with E-state index in [1.165, 1.54) is 0 Å². The SMILES string of the molecule is CC(C)(C(=O)O)C(O)(c1ccccc1)C1C=CC=CC1. The van der Waals surface area contributed by atoms with E-state index in [2.05, 4.69) is 0 Å². The zero-order valence-corrected chi connectivity index (χ0v) is 11.8. The number of aliphatic hydroxyl groups is 1. The number of allylic oxidation sites excluding steroid dienone is 3. The Bertz CT molecular complexity index is 543. The Kier molecular flexibility index (Phi) is 3.82. The van der Waals surface area contributed by atoms with Crippen LogP contribution in [-0.4, -0.2) is 16.2 Å². The van der Waals surface area contributed by atoms with Crippen LogP contribution in [0.1, 0.15) is 25.8 Å². The van der Waals surface area contributed by atoms with Gasteiger partial charge in [0.25, 0.3) is 0 Å². The summed E-state index contributed by atoms with van der Waals surface area (Å²) in [5.74, 6) is -1.27. The van der Waals surface area contributed by atoms with Gasteiger partial charge in [0.15, 0.2) is 0 Å². The highest BCUT2D eigenvalue weighted by Gasteiger charge is 2.54. The van der Waals surface area contributed by atoms with Gasteiger partial charge in [-0.05, 0) is 25.8 Å². The first kappa shape index (κ1) is 14.5. The van der Waals surface area contributed by atoms with E-state index < -0.39 is 17.0 Å². The van der Waals surface area contributed by atoms with E-state index in [1.54, 1.807) is 26.0 Å². The molecular formula is C17H20O3. The zero-order chi connectivity index (χ0) is 14.8. The highest BCUT2D eigenvalue weighted by Crippen LogP contribution is 2.48. The molecule has 3 nitrogen and oxygen atoms in total. The first-order valence-corrected chi connectivity index (χ1v) is 6.75. The van der Waals surface area contributed by atoms with Gasteiger partial charge >= 0.3 is 5.97 Å². The van der Waals surface area contributed by atoms with Crippen LogP contribution in [-0.2, 0) is 10.4 Å². The smallest absolute Gasteiger partial charge is 0.312 e. The molecule has 0 saturated carbocycles. The molecule has 2 unspecified atom stereocenters. The van der Waals surface area contributed by atoms with Gasteiger partial charge < -0.3 is 10.2 Å². The molecule has 2 rings (SSSR count). The molecule has 0 heterocycles. The third-order valence-electron chi connectivity index (χ3n) is 4.22. The van der Waals surface area contributed by atoms with E-state index in [-0.39, 0.29) is 5.92 Å². The van der Waals surface area contributed by atoms with Crippen LogP contribution in [0.15, 0.2) is 54.6 Å². The Morgan fingerprint density at radius 1 is 1.20 bits per heavy atom. The molecule has 2 atom stereocenters. The lowest BCUT2D eigenvalue weighted by Gasteiger charge is -2.45. The summed E-state index contributed by atoms with van der Waals surface area (Å²) in [5, 5.41) is 20.9. The normalized spacial score (nSPS) is 21.4. The molecule has 3 heteroatoms. The standard InChI is InChI=1S/C17H20O3/c1-16(2,15(18)19)17(20,13-9-5-3-6-10-13)14-11-7-4-8-12-14/h3-11,14,20H,12H2,1-2H3,(H,18,19). The Hall–Kier alpha value is -1.87. The first-order chi connectivity index (χ1) is 9.40. The highest BCUT2D eigenvalue weighted by atomic mass is 16.4. The van der Waals surface area contributed by atoms with Gasteiger partial charge in [-0.25, -0.2) is 0 Å². The number of hydrogen-bond donors (Lipinski definition) is 2. The number of carboxylic acid groups (broad SMARTS) is 1. The summed E-state index contributed by atoms with van der Waals surface area (Å²) < 4.78 is 0.